The van der Waals surface area contributed by atoms with Crippen LogP contribution in [0.1, 0.15) is 43.2 Å². The van der Waals surface area contributed by atoms with Gasteiger partial charge in [-0.05, 0) is 36.9 Å². The molecule has 3 heterocycles. The van der Waals surface area contributed by atoms with Crippen molar-refractivity contribution in [1.29, 1.82) is 0 Å². The van der Waals surface area contributed by atoms with E-state index in [9.17, 15) is 0 Å². The number of hydrogen-bond donors (Lipinski definition) is 1. The van der Waals surface area contributed by atoms with Gasteiger partial charge in [-0.1, -0.05) is 13.8 Å². The predicted octanol–water partition coefficient (Wildman–Crippen LogP) is 4.66. The molecule has 3 aromatic heterocycles. The van der Waals surface area contributed by atoms with Crippen LogP contribution in [0.5, 0.6) is 0 Å². The van der Waals surface area contributed by atoms with Crippen molar-refractivity contribution in [2.24, 2.45) is 0 Å². The first-order valence-corrected chi connectivity index (χ1v) is 9.24. The summed E-state index contributed by atoms with van der Waals surface area (Å²) in [4.78, 5) is 1.39. The van der Waals surface area contributed by atoms with Gasteiger partial charge in [0, 0.05) is 32.6 Å². The summed E-state index contributed by atoms with van der Waals surface area (Å²) in [5.41, 5.74) is 1.27. The number of fused-ring (bicyclic) bond motifs is 1. The fourth-order valence-corrected chi connectivity index (χ4v) is 4.70. The lowest BCUT2D eigenvalue weighted by Gasteiger charge is -2.15. The number of aryl methyl sites for hydroxylation is 1. The van der Waals surface area contributed by atoms with Crippen LogP contribution in [-0.2, 0) is 6.54 Å². The third-order valence-electron chi connectivity index (χ3n) is 3.48. The van der Waals surface area contributed by atoms with Gasteiger partial charge < -0.3 is 5.32 Å². The third kappa shape index (κ3) is 3.20. The summed E-state index contributed by atoms with van der Waals surface area (Å²) in [5, 5.41) is 10.3. The van der Waals surface area contributed by atoms with Crippen LogP contribution >= 0.6 is 22.7 Å². The Morgan fingerprint density at radius 1 is 1.29 bits per heavy atom. The quantitative estimate of drug-likeness (QED) is 0.686. The molecular formula is C16H21N3S2. The number of nitrogens with zero attached hydrogens (tertiary/aromatic N) is 2. The molecule has 3 nitrogen and oxygen atoms in total. The molecule has 0 saturated heterocycles. The maximum Gasteiger partial charge on any atom is 0.0702 e. The molecular weight excluding hydrogens is 298 g/mol. The van der Waals surface area contributed by atoms with Gasteiger partial charge in [0.25, 0.3) is 0 Å². The van der Waals surface area contributed by atoms with Crippen LogP contribution in [0.15, 0.2) is 29.9 Å². The highest BCUT2D eigenvalue weighted by molar-refractivity contribution is 7.27. The van der Waals surface area contributed by atoms with E-state index in [4.69, 9.17) is 0 Å². The summed E-state index contributed by atoms with van der Waals surface area (Å²) in [6.45, 7) is 6.40. The van der Waals surface area contributed by atoms with E-state index >= 15 is 0 Å². The largest absolute Gasteiger partial charge is 0.306 e. The third-order valence-corrected chi connectivity index (χ3v) is 5.64. The fraction of sp³-hybridized carbons (Fsp3) is 0.438. The van der Waals surface area contributed by atoms with Gasteiger partial charge in [0.15, 0.2) is 0 Å². The zero-order valence-electron chi connectivity index (χ0n) is 12.5. The highest BCUT2D eigenvalue weighted by Gasteiger charge is 2.18. The summed E-state index contributed by atoms with van der Waals surface area (Å²) < 4.78 is 4.82. The van der Waals surface area contributed by atoms with E-state index in [0.717, 1.165) is 25.9 Å². The molecule has 3 rings (SSSR count). The summed E-state index contributed by atoms with van der Waals surface area (Å²) in [6.07, 6.45) is 6.45. The first kappa shape index (κ1) is 14.8. The summed E-state index contributed by atoms with van der Waals surface area (Å²) in [6, 6.07) is 4.81. The molecule has 0 radical (unpaired) electrons. The molecule has 112 valence electrons. The zero-order valence-corrected chi connectivity index (χ0v) is 14.1. The Kier molecular flexibility index (Phi) is 4.73. The van der Waals surface area contributed by atoms with Crippen LogP contribution in [0, 0.1) is 0 Å². The number of aromatic nitrogens is 2. The Hall–Kier alpha value is -1.17. The summed E-state index contributed by atoms with van der Waals surface area (Å²) >= 11 is 3.71. The van der Waals surface area contributed by atoms with E-state index in [2.05, 4.69) is 48.0 Å². The minimum atomic E-state index is 0.264. The lowest BCUT2D eigenvalue weighted by Crippen LogP contribution is -2.22. The highest BCUT2D eigenvalue weighted by atomic mass is 32.1. The lowest BCUT2D eigenvalue weighted by molar-refractivity contribution is 0.592. The molecule has 1 unspecified atom stereocenters. The molecule has 0 saturated carbocycles. The molecule has 0 aliphatic rings. The van der Waals surface area contributed by atoms with E-state index in [1.165, 1.54) is 19.8 Å². The average molecular weight is 319 g/mol. The van der Waals surface area contributed by atoms with Crippen LogP contribution in [0.4, 0.5) is 0 Å². The van der Waals surface area contributed by atoms with Crippen molar-refractivity contribution in [3.63, 3.8) is 0 Å². The topological polar surface area (TPSA) is 29.9 Å². The molecule has 1 N–H and O–H groups in total. The molecule has 0 aliphatic heterocycles. The van der Waals surface area contributed by atoms with E-state index in [-0.39, 0.29) is 6.04 Å². The maximum absolute atomic E-state index is 4.49. The average Bonchev–Trinajstić information content (AvgIpc) is 3.15. The van der Waals surface area contributed by atoms with Crippen molar-refractivity contribution in [3.05, 3.63) is 40.3 Å². The predicted molar refractivity (Wildman–Crippen MR) is 92.4 cm³/mol. The maximum atomic E-state index is 4.49. The summed E-state index contributed by atoms with van der Waals surface area (Å²) in [7, 11) is 0. The second kappa shape index (κ2) is 6.73. The Balaban J connectivity index is 1.90. The van der Waals surface area contributed by atoms with Gasteiger partial charge in [0.05, 0.1) is 12.2 Å². The molecule has 0 aromatic carbocycles. The minimum Gasteiger partial charge on any atom is -0.306 e. The van der Waals surface area contributed by atoms with Crippen molar-refractivity contribution >= 4 is 32.1 Å². The molecule has 0 fully saturated rings. The molecule has 5 heteroatoms. The van der Waals surface area contributed by atoms with Crippen molar-refractivity contribution < 1.29 is 0 Å². The number of thiophene rings is 2. The lowest BCUT2D eigenvalue weighted by atomic mass is 10.1. The minimum absolute atomic E-state index is 0.264. The van der Waals surface area contributed by atoms with Crippen molar-refractivity contribution in [2.45, 2.75) is 39.3 Å². The van der Waals surface area contributed by atoms with Crippen LogP contribution in [0.3, 0.4) is 0 Å². The van der Waals surface area contributed by atoms with Crippen LogP contribution in [0.2, 0.25) is 0 Å². The standard InChI is InChI=1S/C16H21N3S2/c1-3-6-17-16(12-10-18-19(11-12)7-4-2)15-9-14-13(21-15)5-8-20-14/h5,8-11,16-17H,3-4,6-7H2,1-2H3. The van der Waals surface area contributed by atoms with Gasteiger partial charge in [-0.3, -0.25) is 4.68 Å². The fourth-order valence-electron chi connectivity index (χ4n) is 2.48. The second-order valence-corrected chi connectivity index (χ2v) is 7.28. The van der Waals surface area contributed by atoms with Crippen molar-refractivity contribution in [1.82, 2.24) is 15.1 Å². The van der Waals surface area contributed by atoms with Gasteiger partial charge >= 0.3 is 0 Å². The van der Waals surface area contributed by atoms with Gasteiger partial charge in [-0.15, -0.1) is 22.7 Å². The number of hydrogen-bond acceptors (Lipinski definition) is 4. The monoisotopic (exact) mass is 319 g/mol. The Bertz CT molecular complexity index is 667. The first-order chi connectivity index (χ1) is 10.3. The zero-order chi connectivity index (χ0) is 14.7. The Labute approximate surface area is 133 Å². The molecule has 0 aliphatic carbocycles. The Morgan fingerprint density at radius 3 is 2.95 bits per heavy atom. The molecule has 3 aromatic rings. The summed E-state index contributed by atoms with van der Waals surface area (Å²) in [5.74, 6) is 0. The molecule has 0 amide bonds. The van der Waals surface area contributed by atoms with Gasteiger partial charge in [0.2, 0.25) is 0 Å². The smallest absolute Gasteiger partial charge is 0.0702 e. The molecule has 0 bridgehead atoms. The van der Waals surface area contributed by atoms with E-state index in [1.54, 1.807) is 0 Å². The first-order valence-electron chi connectivity index (χ1n) is 7.54. The van der Waals surface area contributed by atoms with Crippen LogP contribution < -0.4 is 5.32 Å². The molecule has 21 heavy (non-hydrogen) atoms. The second-order valence-electron chi connectivity index (χ2n) is 5.22. The molecule has 1 atom stereocenters. The van der Waals surface area contributed by atoms with Gasteiger partial charge in [0.1, 0.15) is 0 Å². The number of nitrogens with one attached hydrogen (secondary N) is 1. The van der Waals surface area contributed by atoms with E-state index in [1.807, 2.05) is 33.6 Å². The van der Waals surface area contributed by atoms with Gasteiger partial charge in [-0.2, -0.15) is 5.10 Å². The van der Waals surface area contributed by atoms with Crippen molar-refractivity contribution in [2.75, 3.05) is 6.54 Å². The Morgan fingerprint density at radius 2 is 2.19 bits per heavy atom. The molecule has 0 spiro atoms. The van der Waals surface area contributed by atoms with Crippen LogP contribution in [-0.4, -0.2) is 16.3 Å². The normalized spacial score (nSPS) is 13.0. The van der Waals surface area contributed by atoms with Crippen molar-refractivity contribution in [3.8, 4) is 0 Å². The highest BCUT2D eigenvalue weighted by Crippen LogP contribution is 2.35. The van der Waals surface area contributed by atoms with E-state index in [0.29, 0.717) is 0 Å². The van der Waals surface area contributed by atoms with Crippen LogP contribution in [0.25, 0.3) is 9.40 Å². The number of rotatable bonds is 7. The van der Waals surface area contributed by atoms with E-state index < -0.39 is 0 Å². The van der Waals surface area contributed by atoms with Gasteiger partial charge in [-0.25, -0.2) is 0 Å². The SMILES string of the molecule is CCCNC(c1cnn(CCC)c1)c1cc2sccc2s1.